The predicted molar refractivity (Wildman–Crippen MR) is 77.8 cm³/mol. The fourth-order valence-electron chi connectivity index (χ4n) is 3.04. The fraction of sp³-hybridized carbons (Fsp3) is 0.222. The van der Waals surface area contributed by atoms with Crippen molar-refractivity contribution in [2.45, 2.75) is 25.2 Å². The van der Waals surface area contributed by atoms with Crippen molar-refractivity contribution in [2.75, 3.05) is 0 Å². The van der Waals surface area contributed by atoms with Crippen molar-refractivity contribution >= 4 is 0 Å². The van der Waals surface area contributed by atoms with Crippen molar-refractivity contribution in [1.82, 2.24) is 0 Å². The van der Waals surface area contributed by atoms with E-state index in [0.29, 0.717) is 5.92 Å². The molecule has 2 aromatic carbocycles. The summed E-state index contributed by atoms with van der Waals surface area (Å²) >= 11 is 0. The first-order valence-electron chi connectivity index (χ1n) is 6.71. The van der Waals surface area contributed by atoms with E-state index in [4.69, 9.17) is 0 Å². The van der Waals surface area contributed by atoms with Crippen molar-refractivity contribution in [2.24, 2.45) is 0 Å². The zero-order valence-electron chi connectivity index (χ0n) is 10.6. The Kier molecular flexibility index (Phi) is 3.02. The second kappa shape index (κ2) is 4.81. The van der Waals surface area contributed by atoms with Gasteiger partial charge in [-0.1, -0.05) is 54.6 Å². The summed E-state index contributed by atoms with van der Waals surface area (Å²) in [4.78, 5) is 0. The van der Waals surface area contributed by atoms with Gasteiger partial charge in [0.15, 0.2) is 0 Å². The Morgan fingerprint density at radius 1 is 0.889 bits per heavy atom. The molecule has 0 heteroatoms. The van der Waals surface area contributed by atoms with E-state index in [2.05, 4.69) is 55.1 Å². The van der Waals surface area contributed by atoms with Crippen LogP contribution < -0.4 is 0 Å². The van der Waals surface area contributed by atoms with Crippen molar-refractivity contribution in [3.05, 3.63) is 72.3 Å². The molecule has 0 aliphatic heterocycles. The Hall–Kier alpha value is -1.82. The Labute approximate surface area is 109 Å². The fourth-order valence-corrected chi connectivity index (χ4v) is 3.04. The number of unbranched alkanes of at least 4 members (excludes halogenated alkanes) is 1. The van der Waals surface area contributed by atoms with Crippen molar-refractivity contribution < 1.29 is 0 Å². The number of rotatable bonds is 4. The van der Waals surface area contributed by atoms with E-state index in [9.17, 15) is 0 Å². The van der Waals surface area contributed by atoms with Gasteiger partial charge in [-0.25, -0.2) is 0 Å². The lowest BCUT2D eigenvalue weighted by atomic mass is 9.92. The van der Waals surface area contributed by atoms with E-state index in [0.717, 1.165) is 6.42 Å². The van der Waals surface area contributed by atoms with Crippen LogP contribution >= 0.6 is 0 Å². The quantitative estimate of drug-likeness (QED) is 0.506. The van der Waals surface area contributed by atoms with Crippen LogP contribution in [-0.4, -0.2) is 0 Å². The van der Waals surface area contributed by atoms with Crippen LogP contribution in [-0.2, 0) is 0 Å². The van der Waals surface area contributed by atoms with Crippen LogP contribution in [0.4, 0.5) is 0 Å². The van der Waals surface area contributed by atoms with Gasteiger partial charge in [0.1, 0.15) is 0 Å². The van der Waals surface area contributed by atoms with Gasteiger partial charge in [0.2, 0.25) is 0 Å². The largest absolute Gasteiger partial charge is 0.103 e. The van der Waals surface area contributed by atoms with Crippen molar-refractivity contribution in [3.63, 3.8) is 0 Å². The van der Waals surface area contributed by atoms with E-state index in [1.54, 1.807) is 0 Å². The van der Waals surface area contributed by atoms with Crippen molar-refractivity contribution in [3.8, 4) is 11.1 Å². The van der Waals surface area contributed by atoms with Gasteiger partial charge in [-0.2, -0.15) is 0 Å². The summed E-state index contributed by atoms with van der Waals surface area (Å²) in [5.41, 5.74) is 5.86. The van der Waals surface area contributed by atoms with Gasteiger partial charge in [-0.15, -0.1) is 6.58 Å². The zero-order chi connectivity index (χ0) is 12.4. The number of benzene rings is 2. The highest BCUT2D eigenvalue weighted by molar-refractivity contribution is 5.78. The second-order valence-corrected chi connectivity index (χ2v) is 4.95. The zero-order valence-corrected chi connectivity index (χ0v) is 10.6. The smallest absolute Gasteiger partial charge is 0.0102 e. The molecule has 3 rings (SSSR count). The third-order valence-electron chi connectivity index (χ3n) is 3.86. The number of fused-ring (bicyclic) bond motifs is 3. The maximum atomic E-state index is 3.81. The van der Waals surface area contributed by atoms with Crippen LogP contribution in [0.1, 0.15) is 36.3 Å². The second-order valence-electron chi connectivity index (χ2n) is 4.95. The molecule has 0 radical (unpaired) electrons. The van der Waals surface area contributed by atoms with Crippen LogP contribution in [0.3, 0.4) is 0 Å². The van der Waals surface area contributed by atoms with Gasteiger partial charge in [0.25, 0.3) is 0 Å². The minimum Gasteiger partial charge on any atom is -0.103 e. The van der Waals surface area contributed by atoms with Gasteiger partial charge in [0.05, 0.1) is 0 Å². The Bertz CT molecular complexity index is 520. The summed E-state index contributed by atoms with van der Waals surface area (Å²) in [5, 5.41) is 0. The summed E-state index contributed by atoms with van der Waals surface area (Å²) in [6.07, 6.45) is 5.57. The van der Waals surface area contributed by atoms with Crippen LogP contribution in [0.25, 0.3) is 11.1 Å². The van der Waals surface area contributed by atoms with Gasteiger partial charge < -0.3 is 0 Å². The van der Waals surface area contributed by atoms with E-state index in [1.165, 1.54) is 35.1 Å². The molecule has 0 fully saturated rings. The lowest BCUT2D eigenvalue weighted by Crippen LogP contribution is -1.96. The van der Waals surface area contributed by atoms with Gasteiger partial charge in [0, 0.05) is 5.92 Å². The van der Waals surface area contributed by atoms with Gasteiger partial charge >= 0.3 is 0 Å². The molecule has 0 saturated heterocycles. The SMILES string of the molecule is C=CCCCC1c2ccccc2-c2ccccc21. The minimum atomic E-state index is 0.581. The molecule has 1 aliphatic carbocycles. The molecule has 0 nitrogen and oxygen atoms in total. The van der Waals surface area contributed by atoms with E-state index in [-0.39, 0.29) is 0 Å². The van der Waals surface area contributed by atoms with Crippen LogP contribution in [0.5, 0.6) is 0 Å². The lowest BCUT2D eigenvalue weighted by Gasteiger charge is -2.12. The maximum Gasteiger partial charge on any atom is 0.0102 e. The van der Waals surface area contributed by atoms with E-state index >= 15 is 0 Å². The Morgan fingerprint density at radius 2 is 1.44 bits per heavy atom. The monoisotopic (exact) mass is 234 g/mol. The van der Waals surface area contributed by atoms with Gasteiger partial charge in [-0.05, 0) is 41.5 Å². The molecule has 0 atom stereocenters. The summed E-state index contributed by atoms with van der Waals surface area (Å²) in [6, 6.07) is 17.7. The Morgan fingerprint density at radius 3 is 2.00 bits per heavy atom. The number of hydrogen-bond donors (Lipinski definition) is 0. The van der Waals surface area contributed by atoms with Crippen molar-refractivity contribution in [1.29, 1.82) is 0 Å². The first kappa shape index (κ1) is 11.3. The first-order chi connectivity index (χ1) is 8.92. The predicted octanol–water partition coefficient (Wildman–Crippen LogP) is 5.16. The topological polar surface area (TPSA) is 0 Å². The summed E-state index contributed by atoms with van der Waals surface area (Å²) in [5.74, 6) is 0.581. The average molecular weight is 234 g/mol. The van der Waals surface area contributed by atoms with Crippen LogP contribution in [0, 0.1) is 0 Å². The summed E-state index contributed by atoms with van der Waals surface area (Å²) in [7, 11) is 0. The molecule has 18 heavy (non-hydrogen) atoms. The third-order valence-corrected chi connectivity index (χ3v) is 3.86. The third kappa shape index (κ3) is 1.78. The standard InChI is InChI=1S/C18H18/c1-2-3-4-9-14-15-10-5-7-12-17(15)18-13-8-6-11-16(14)18/h2,5-8,10-14H,1,3-4,9H2. The molecule has 1 aliphatic rings. The summed E-state index contributed by atoms with van der Waals surface area (Å²) in [6.45, 7) is 3.81. The van der Waals surface area contributed by atoms with Gasteiger partial charge in [-0.3, -0.25) is 0 Å². The summed E-state index contributed by atoms with van der Waals surface area (Å²) < 4.78 is 0. The Balaban J connectivity index is 2.01. The van der Waals surface area contributed by atoms with Crippen LogP contribution in [0.2, 0.25) is 0 Å². The molecule has 0 aromatic heterocycles. The molecule has 0 amide bonds. The first-order valence-corrected chi connectivity index (χ1v) is 6.71. The normalized spacial score (nSPS) is 13.1. The molecule has 0 saturated carbocycles. The lowest BCUT2D eigenvalue weighted by molar-refractivity contribution is 0.680. The maximum absolute atomic E-state index is 3.81. The highest BCUT2D eigenvalue weighted by atomic mass is 14.3. The minimum absolute atomic E-state index is 0.581. The highest BCUT2D eigenvalue weighted by Crippen LogP contribution is 2.46. The highest BCUT2D eigenvalue weighted by Gasteiger charge is 2.26. The molecule has 0 heterocycles. The molecule has 2 aromatic rings. The van der Waals surface area contributed by atoms with E-state index in [1.807, 2.05) is 6.08 Å². The molecular weight excluding hydrogens is 216 g/mol. The number of allylic oxidation sites excluding steroid dienone is 1. The average Bonchev–Trinajstić information content (AvgIpc) is 2.74. The molecule has 90 valence electrons. The molecular formula is C18H18. The van der Waals surface area contributed by atoms with E-state index < -0.39 is 0 Å². The number of hydrogen-bond acceptors (Lipinski definition) is 0. The molecule has 0 N–H and O–H groups in total. The molecule has 0 bridgehead atoms. The van der Waals surface area contributed by atoms with Crippen LogP contribution in [0.15, 0.2) is 61.2 Å². The molecule has 0 unspecified atom stereocenters. The molecule has 0 spiro atoms.